The van der Waals surface area contributed by atoms with E-state index in [1.165, 1.54) is 11.3 Å². The smallest absolute Gasteiger partial charge is 0.415 e. The maximum absolute atomic E-state index is 13.8. The number of carbonyl (C=O) groups excluding carboxylic acids is 3. The Bertz CT molecular complexity index is 1390. The molecule has 250 valence electrons. The summed E-state index contributed by atoms with van der Waals surface area (Å²) in [4.78, 5) is 55.9. The summed E-state index contributed by atoms with van der Waals surface area (Å²) in [5, 5.41) is 5.40. The molecule has 1 saturated heterocycles. The second kappa shape index (κ2) is 15.2. The lowest BCUT2D eigenvalue weighted by molar-refractivity contribution is -0.158. The molecule has 0 spiro atoms. The maximum atomic E-state index is 13.8. The Labute approximate surface area is 276 Å². The number of hydrogen-bond donors (Lipinski definition) is 1. The highest BCUT2D eigenvalue weighted by Gasteiger charge is 2.45. The summed E-state index contributed by atoms with van der Waals surface area (Å²) in [6, 6.07) is 9.41. The van der Waals surface area contributed by atoms with Crippen molar-refractivity contribution in [3.8, 4) is 5.75 Å². The predicted octanol–water partition coefficient (Wildman–Crippen LogP) is 5.21. The van der Waals surface area contributed by atoms with Crippen LogP contribution in [0.25, 0.3) is 0 Å². The largest absolute Gasteiger partial charge is 0.459 e. The van der Waals surface area contributed by atoms with Crippen molar-refractivity contribution in [1.29, 1.82) is 0 Å². The molecule has 3 atom stereocenters. The molecule has 3 heterocycles. The van der Waals surface area contributed by atoms with Crippen LogP contribution in [-0.4, -0.2) is 101 Å². The molecule has 2 unspecified atom stereocenters. The van der Waals surface area contributed by atoms with E-state index in [1.807, 2.05) is 76.9 Å². The van der Waals surface area contributed by atoms with Crippen molar-refractivity contribution in [3.63, 3.8) is 0 Å². The molecular weight excluding hydrogens is 604 g/mol. The molecular formula is C34H48N6O5S. The maximum Gasteiger partial charge on any atom is 0.415 e. The fourth-order valence-electron chi connectivity index (χ4n) is 5.67. The number of likely N-dealkylation sites (tertiary alicyclic amines) is 1. The van der Waals surface area contributed by atoms with Crippen molar-refractivity contribution < 1.29 is 23.9 Å². The molecule has 4 rings (SSSR count). The number of amides is 2. The Hall–Kier alpha value is -3.77. The van der Waals surface area contributed by atoms with Crippen LogP contribution in [0.4, 0.5) is 4.79 Å². The average Bonchev–Trinajstić information content (AvgIpc) is 3.74. The van der Waals surface area contributed by atoms with Gasteiger partial charge in [0.15, 0.2) is 0 Å². The number of aliphatic imine (C=N–C) groups is 2. The molecule has 46 heavy (non-hydrogen) atoms. The van der Waals surface area contributed by atoms with Gasteiger partial charge in [0.05, 0.1) is 4.88 Å². The zero-order valence-corrected chi connectivity index (χ0v) is 28.9. The molecule has 2 aromatic rings. The number of esters is 1. The third kappa shape index (κ3) is 8.73. The van der Waals surface area contributed by atoms with Gasteiger partial charge in [0.25, 0.3) is 5.91 Å². The van der Waals surface area contributed by atoms with Gasteiger partial charge < -0.3 is 24.2 Å². The summed E-state index contributed by atoms with van der Waals surface area (Å²) in [6.07, 6.45) is 3.65. The van der Waals surface area contributed by atoms with Gasteiger partial charge in [0, 0.05) is 38.9 Å². The highest BCUT2D eigenvalue weighted by Crippen LogP contribution is 2.27. The molecule has 2 amide bonds. The Morgan fingerprint density at radius 3 is 2.30 bits per heavy atom. The SMILES string of the molecule is CCN(CC)C1=NC(C)(N[C@@H](Cc2ccc(OC(=O)N3CCCC3)cc2)C(=O)OC(C)(C)C)C(N(CC)C(=O)c2cccs2)C=N1. The molecule has 1 aromatic carbocycles. The van der Waals surface area contributed by atoms with Gasteiger partial charge in [-0.1, -0.05) is 18.2 Å². The van der Waals surface area contributed by atoms with Gasteiger partial charge in [-0.05, 0) is 96.9 Å². The van der Waals surface area contributed by atoms with Gasteiger partial charge in [-0.15, -0.1) is 11.3 Å². The first-order valence-corrected chi connectivity index (χ1v) is 17.0. The van der Waals surface area contributed by atoms with E-state index in [4.69, 9.17) is 19.5 Å². The molecule has 12 heteroatoms. The lowest BCUT2D eigenvalue weighted by Gasteiger charge is -2.44. The summed E-state index contributed by atoms with van der Waals surface area (Å²) in [5.41, 5.74) is -1.02. The molecule has 0 aliphatic carbocycles. The van der Waals surface area contributed by atoms with Gasteiger partial charge in [0.2, 0.25) is 5.96 Å². The molecule has 0 bridgehead atoms. The van der Waals surface area contributed by atoms with E-state index in [0.717, 1.165) is 18.4 Å². The van der Waals surface area contributed by atoms with E-state index in [1.54, 1.807) is 34.2 Å². The van der Waals surface area contributed by atoms with Crippen LogP contribution >= 0.6 is 11.3 Å². The van der Waals surface area contributed by atoms with Crippen LogP contribution in [0.5, 0.6) is 5.75 Å². The first kappa shape index (κ1) is 35.1. The average molecular weight is 653 g/mol. The number of thiophene rings is 1. The number of carbonyl (C=O) groups is 3. The van der Waals surface area contributed by atoms with E-state index in [-0.39, 0.29) is 18.4 Å². The van der Waals surface area contributed by atoms with E-state index in [9.17, 15) is 14.4 Å². The second-order valence-corrected chi connectivity index (χ2v) is 13.6. The fraction of sp³-hybridized carbons (Fsp3) is 0.559. The quantitative estimate of drug-likeness (QED) is 0.331. The zero-order valence-electron chi connectivity index (χ0n) is 28.1. The minimum absolute atomic E-state index is 0.128. The van der Waals surface area contributed by atoms with Crippen molar-refractivity contribution in [2.45, 2.75) is 91.1 Å². The standard InChI is InChI=1S/C34H48N6O5S/c1-8-38(9-2)31-35-23-28(40(10-3)29(41)27-14-13-21-46-27)34(7,37-31)36-26(30(42)45-33(4,5)6)22-24-15-17-25(18-16-24)44-32(43)39-19-11-12-20-39/h13-18,21,23,26,28,36H,8-12,19-20,22H2,1-7H3/t26-,28?,34?/m0/s1. The van der Waals surface area contributed by atoms with Crippen LogP contribution in [0.15, 0.2) is 51.8 Å². The van der Waals surface area contributed by atoms with Gasteiger partial charge in [-0.2, -0.15) is 0 Å². The van der Waals surface area contributed by atoms with E-state index in [2.05, 4.69) is 5.32 Å². The number of nitrogens with one attached hydrogen (secondary N) is 1. The van der Waals surface area contributed by atoms with Crippen LogP contribution in [0.1, 0.15) is 76.5 Å². The highest BCUT2D eigenvalue weighted by atomic mass is 32.1. The van der Waals surface area contributed by atoms with Gasteiger partial charge in [-0.3, -0.25) is 14.9 Å². The third-order valence-electron chi connectivity index (χ3n) is 8.05. The molecule has 0 saturated carbocycles. The summed E-state index contributed by atoms with van der Waals surface area (Å²) >= 11 is 1.38. The predicted molar refractivity (Wildman–Crippen MR) is 182 cm³/mol. The Kier molecular flexibility index (Phi) is 11.6. The summed E-state index contributed by atoms with van der Waals surface area (Å²) in [5.74, 6) is 0.406. The molecule has 2 aliphatic rings. The van der Waals surface area contributed by atoms with Crippen LogP contribution < -0.4 is 10.1 Å². The first-order chi connectivity index (χ1) is 21.9. The minimum atomic E-state index is -1.13. The normalized spacial score (nSPS) is 20.2. The van der Waals surface area contributed by atoms with Gasteiger partial charge in [0.1, 0.15) is 29.1 Å². The fourth-order valence-corrected chi connectivity index (χ4v) is 6.35. The van der Waals surface area contributed by atoms with E-state index < -0.39 is 29.3 Å². The van der Waals surface area contributed by atoms with E-state index in [0.29, 0.717) is 49.3 Å². The number of guanidine groups is 1. The minimum Gasteiger partial charge on any atom is -0.459 e. The van der Waals surface area contributed by atoms with Crippen LogP contribution in [0.2, 0.25) is 0 Å². The van der Waals surface area contributed by atoms with E-state index >= 15 is 0 Å². The highest BCUT2D eigenvalue weighted by molar-refractivity contribution is 7.12. The Morgan fingerprint density at radius 2 is 1.74 bits per heavy atom. The summed E-state index contributed by atoms with van der Waals surface area (Å²) in [7, 11) is 0. The van der Waals surface area contributed by atoms with Crippen LogP contribution in [0.3, 0.4) is 0 Å². The zero-order chi connectivity index (χ0) is 33.5. The van der Waals surface area contributed by atoms with Crippen LogP contribution in [0, 0.1) is 0 Å². The third-order valence-corrected chi connectivity index (χ3v) is 8.90. The molecule has 0 radical (unpaired) electrons. The van der Waals surface area contributed by atoms with Crippen molar-refractivity contribution in [2.75, 3.05) is 32.7 Å². The number of ether oxygens (including phenoxy) is 2. The number of nitrogens with zero attached hydrogens (tertiary/aromatic N) is 5. The molecule has 11 nitrogen and oxygen atoms in total. The number of rotatable bonds is 11. The topological polar surface area (TPSA) is 116 Å². The van der Waals surface area contributed by atoms with Crippen molar-refractivity contribution in [3.05, 3.63) is 52.2 Å². The molecule has 1 aromatic heterocycles. The lowest BCUT2D eigenvalue weighted by Crippen LogP contribution is -2.65. The monoisotopic (exact) mass is 652 g/mol. The van der Waals surface area contributed by atoms with Crippen molar-refractivity contribution in [1.82, 2.24) is 20.0 Å². The van der Waals surface area contributed by atoms with Crippen molar-refractivity contribution >= 4 is 41.5 Å². The van der Waals surface area contributed by atoms with Gasteiger partial charge >= 0.3 is 12.1 Å². The molecule has 1 N–H and O–H groups in total. The van der Waals surface area contributed by atoms with Crippen molar-refractivity contribution in [2.24, 2.45) is 9.98 Å². The van der Waals surface area contributed by atoms with Crippen LogP contribution in [-0.2, 0) is 16.0 Å². The summed E-state index contributed by atoms with van der Waals surface area (Å²) in [6.45, 7) is 16.6. The summed E-state index contributed by atoms with van der Waals surface area (Å²) < 4.78 is 11.5. The number of hydrogen-bond acceptors (Lipinski definition) is 10. The van der Waals surface area contributed by atoms with Gasteiger partial charge in [-0.25, -0.2) is 14.8 Å². The number of likely N-dealkylation sites (N-methyl/N-ethyl adjacent to an activating group) is 1. The first-order valence-electron chi connectivity index (χ1n) is 16.2. The molecule has 2 aliphatic heterocycles. The number of benzene rings is 1. The lowest BCUT2D eigenvalue weighted by atomic mass is 9.96. The Morgan fingerprint density at radius 1 is 1.07 bits per heavy atom. The second-order valence-electron chi connectivity index (χ2n) is 12.7. The Balaban J connectivity index is 1.65. The molecule has 1 fully saturated rings.